The number of thioether (sulfide) groups is 2. The van der Waals surface area contributed by atoms with Gasteiger partial charge in [0.05, 0.1) is 5.94 Å². The molecule has 0 aliphatic carbocycles. The molecule has 1 aliphatic rings. The lowest BCUT2D eigenvalue weighted by Crippen LogP contribution is -1.90. The van der Waals surface area contributed by atoms with E-state index in [9.17, 15) is 0 Å². The van der Waals surface area contributed by atoms with Crippen LogP contribution in [-0.2, 0) is 4.74 Å². The van der Waals surface area contributed by atoms with Crippen molar-refractivity contribution < 1.29 is 4.74 Å². The van der Waals surface area contributed by atoms with Crippen LogP contribution in [0, 0.1) is 5.94 Å². The Bertz CT molecular complexity index is 24.3. The molecule has 3 heteroatoms. The first-order valence-electron chi connectivity index (χ1n) is 1.63. The van der Waals surface area contributed by atoms with Gasteiger partial charge < -0.3 is 4.74 Å². The van der Waals surface area contributed by atoms with Gasteiger partial charge in [-0.1, -0.05) is 0 Å². The van der Waals surface area contributed by atoms with Crippen molar-refractivity contribution in [2.45, 2.75) is 0 Å². The largest absolute Gasteiger partial charge is 0.353 e. The molecule has 0 aromatic carbocycles. The van der Waals surface area contributed by atoms with E-state index in [0.717, 1.165) is 11.0 Å². The molecule has 1 radical (unpaired) electrons. The molecule has 0 atom stereocenters. The summed E-state index contributed by atoms with van der Waals surface area (Å²) in [5.74, 6) is 2.63. The highest BCUT2D eigenvalue weighted by Gasteiger charge is 1.96. The molecule has 0 spiro atoms. The van der Waals surface area contributed by atoms with Crippen molar-refractivity contribution in [1.82, 2.24) is 0 Å². The zero-order valence-corrected chi connectivity index (χ0v) is 4.85. The number of rotatable bonds is 0. The van der Waals surface area contributed by atoms with Crippen molar-refractivity contribution in [3.8, 4) is 0 Å². The third-order valence-corrected chi connectivity index (χ3v) is 2.22. The zero-order chi connectivity index (χ0) is 4.24. The fourth-order valence-corrected chi connectivity index (χ4v) is 1.53. The van der Waals surface area contributed by atoms with Gasteiger partial charge in [0.1, 0.15) is 5.94 Å². The Morgan fingerprint density at radius 3 is 2.83 bits per heavy atom. The molecule has 1 saturated heterocycles. The van der Waals surface area contributed by atoms with Gasteiger partial charge in [0.15, 0.2) is 0 Å². The highest BCUT2D eigenvalue weighted by atomic mass is 32.2. The first-order chi connectivity index (χ1) is 3.00. The van der Waals surface area contributed by atoms with Crippen molar-refractivity contribution in [3.63, 3.8) is 0 Å². The van der Waals surface area contributed by atoms with Crippen LogP contribution in [0.1, 0.15) is 0 Å². The number of hydrogen-bond acceptors (Lipinski definition) is 3. The molecule has 1 rings (SSSR count). The van der Waals surface area contributed by atoms with Crippen molar-refractivity contribution in [2.24, 2.45) is 0 Å². The molecular weight excluding hydrogens is 116 g/mol. The van der Waals surface area contributed by atoms with Crippen LogP contribution in [0.3, 0.4) is 0 Å². The van der Waals surface area contributed by atoms with Gasteiger partial charge in [-0.3, -0.25) is 0 Å². The van der Waals surface area contributed by atoms with Crippen LogP contribution in [0.25, 0.3) is 0 Å². The van der Waals surface area contributed by atoms with Gasteiger partial charge in [0.2, 0.25) is 0 Å². The van der Waals surface area contributed by atoms with Crippen LogP contribution in [0.15, 0.2) is 0 Å². The van der Waals surface area contributed by atoms with Crippen LogP contribution in [0.2, 0.25) is 0 Å². The molecule has 0 aromatic rings. The summed E-state index contributed by atoms with van der Waals surface area (Å²) in [6.07, 6.45) is 0. The first-order valence-corrected chi connectivity index (χ1v) is 3.83. The van der Waals surface area contributed by atoms with E-state index in [1.807, 2.05) is 0 Å². The highest BCUT2D eigenvalue weighted by molar-refractivity contribution is 8.17. The average Bonchev–Trinajstić information content (AvgIpc) is 1.72. The molecule has 1 nitrogen and oxygen atoms in total. The SMILES string of the molecule is [CH]1OCSCS1. The van der Waals surface area contributed by atoms with Crippen molar-refractivity contribution in [1.29, 1.82) is 0 Å². The molecule has 1 heterocycles. The van der Waals surface area contributed by atoms with E-state index in [1.54, 1.807) is 29.5 Å². The van der Waals surface area contributed by atoms with Gasteiger partial charge >= 0.3 is 0 Å². The molecule has 1 fully saturated rings. The summed E-state index contributed by atoms with van der Waals surface area (Å²) in [6, 6.07) is 0. The molecule has 0 unspecified atom stereocenters. The van der Waals surface area contributed by atoms with E-state index in [-0.39, 0.29) is 0 Å². The Kier molecular flexibility index (Phi) is 2.22. The normalized spacial score (nSPS) is 24.0. The van der Waals surface area contributed by atoms with Crippen molar-refractivity contribution in [3.05, 3.63) is 5.94 Å². The zero-order valence-electron chi connectivity index (χ0n) is 3.22. The fourth-order valence-electron chi connectivity index (χ4n) is 0.234. The quantitative estimate of drug-likeness (QED) is 0.481. The van der Waals surface area contributed by atoms with Gasteiger partial charge in [0, 0.05) is 5.08 Å². The molecule has 6 heavy (non-hydrogen) atoms. The van der Waals surface area contributed by atoms with Gasteiger partial charge in [-0.05, 0) is 0 Å². The summed E-state index contributed by atoms with van der Waals surface area (Å²) in [4.78, 5) is 0. The second-order valence-electron chi connectivity index (χ2n) is 0.869. The molecule has 0 amide bonds. The standard InChI is InChI=1S/C3H5OS2/c1-4-2-6-3-5-1/h1H,2-3H2. The van der Waals surface area contributed by atoms with Gasteiger partial charge in [-0.15, -0.1) is 23.5 Å². The molecular formula is C3H5OS2. The van der Waals surface area contributed by atoms with Crippen LogP contribution < -0.4 is 0 Å². The lowest BCUT2D eigenvalue weighted by atomic mass is 11.5. The van der Waals surface area contributed by atoms with E-state index in [4.69, 9.17) is 4.74 Å². The molecule has 0 bridgehead atoms. The summed E-state index contributed by atoms with van der Waals surface area (Å²) in [6.45, 7) is 0. The minimum Gasteiger partial charge on any atom is -0.353 e. The third kappa shape index (κ3) is 1.41. The summed E-state index contributed by atoms with van der Waals surface area (Å²) >= 11 is 3.52. The Labute approximate surface area is 45.8 Å². The van der Waals surface area contributed by atoms with E-state index < -0.39 is 0 Å². The highest BCUT2D eigenvalue weighted by Crippen LogP contribution is 2.21. The average molecular weight is 121 g/mol. The van der Waals surface area contributed by atoms with Crippen molar-refractivity contribution >= 4 is 23.5 Å². The maximum atomic E-state index is 4.87. The Morgan fingerprint density at radius 2 is 2.67 bits per heavy atom. The predicted molar refractivity (Wildman–Crippen MR) is 30.3 cm³/mol. The summed E-state index contributed by atoms with van der Waals surface area (Å²) in [7, 11) is 0. The fraction of sp³-hybridized carbons (Fsp3) is 0.667. The molecule has 0 aromatic heterocycles. The summed E-state index contributed by atoms with van der Waals surface area (Å²) < 4.78 is 4.87. The Morgan fingerprint density at radius 1 is 1.67 bits per heavy atom. The third-order valence-electron chi connectivity index (χ3n) is 0.439. The van der Waals surface area contributed by atoms with Crippen LogP contribution in [0.5, 0.6) is 0 Å². The topological polar surface area (TPSA) is 9.23 Å². The second-order valence-corrected chi connectivity index (χ2v) is 2.98. The van der Waals surface area contributed by atoms with Crippen molar-refractivity contribution in [2.75, 3.05) is 11.0 Å². The predicted octanol–water partition coefficient (Wildman–Crippen LogP) is 1.52. The minimum absolute atomic E-state index is 0.840. The lowest BCUT2D eigenvalue weighted by molar-refractivity contribution is 0.294. The maximum absolute atomic E-state index is 4.87. The van der Waals surface area contributed by atoms with E-state index in [0.29, 0.717) is 0 Å². The first kappa shape index (κ1) is 4.81. The maximum Gasteiger partial charge on any atom is 0.140 e. The minimum atomic E-state index is 0.840. The monoisotopic (exact) mass is 121 g/mol. The van der Waals surface area contributed by atoms with E-state index in [1.165, 1.54) is 0 Å². The Hall–Kier alpha value is 0.660. The number of hydrogen-bond donors (Lipinski definition) is 0. The van der Waals surface area contributed by atoms with Crippen LogP contribution in [0.4, 0.5) is 0 Å². The van der Waals surface area contributed by atoms with Crippen LogP contribution >= 0.6 is 23.5 Å². The van der Waals surface area contributed by atoms with Gasteiger partial charge in [0.25, 0.3) is 0 Å². The van der Waals surface area contributed by atoms with E-state index in [2.05, 4.69) is 0 Å². The van der Waals surface area contributed by atoms with Crippen LogP contribution in [-0.4, -0.2) is 11.0 Å². The Balaban J connectivity index is 2.00. The summed E-state index contributed by atoms with van der Waals surface area (Å²) in [5, 5.41) is 1.15. The smallest absolute Gasteiger partial charge is 0.140 e. The summed E-state index contributed by atoms with van der Waals surface area (Å²) in [5.41, 5.74) is 0. The van der Waals surface area contributed by atoms with Gasteiger partial charge in [-0.2, -0.15) is 0 Å². The molecule has 1 aliphatic heterocycles. The van der Waals surface area contributed by atoms with Gasteiger partial charge in [-0.25, -0.2) is 0 Å². The molecule has 0 N–H and O–H groups in total. The van der Waals surface area contributed by atoms with E-state index >= 15 is 0 Å². The lowest BCUT2D eigenvalue weighted by Gasteiger charge is -2.06. The molecule has 35 valence electrons. The molecule has 0 saturated carbocycles. The number of ether oxygens (including phenoxy) is 1. The second kappa shape index (κ2) is 2.77.